The van der Waals surface area contributed by atoms with Gasteiger partial charge in [0.05, 0.1) is 6.20 Å². The van der Waals surface area contributed by atoms with E-state index in [9.17, 15) is 0 Å². The molecular formula is C9H17N3. The fourth-order valence-electron chi connectivity index (χ4n) is 1.22. The number of aromatic amines is 1. The van der Waals surface area contributed by atoms with Crippen LogP contribution in [-0.2, 0) is 13.0 Å². The molecule has 68 valence electrons. The van der Waals surface area contributed by atoms with Crippen LogP contribution < -0.4 is 5.32 Å². The second-order valence-corrected chi connectivity index (χ2v) is 2.90. The van der Waals surface area contributed by atoms with Crippen molar-refractivity contribution in [3.8, 4) is 0 Å². The van der Waals surface area contributed by atoms with Gasteiger partial charge in [0.25, 0.3) is 0 Å². The molecule has 2 N–H and O–H groups in total. The second-order valence-electron chi connectivity index (χ2n) is 2.90. The zero-order chi connectivity index (χ0) is 8.81. The molecule has 0 aromatic carbocycles. The predicted octanol–water partition coefficient (Wildman–Crippen LogP) is 1.47. The quantitative estimate of drug-likeness (QED) is 0.697. The molecule has 0 atom stereocenters. The Balaban J connectivity index is 2.51. The van der Waals surface area contributed by atoms with Crippen LogP contribution in [0.2, 0.25) is 0 Å². The van der Waals surface area contributed by atoms with Crippen molar-refractivity contribution in [2.75, 3.05) is 6.54 Å². The zero-order valence-electron chi connectivity index (χ0n) is 7.85. The van der Waals surface area contributed by atoms with E-state index in [-0.39, 0.29) is 0 Å². The molecule has 0 aliphatic heterocycles. The molecule has 0 bridgehead atoms. The van der Waals surface area contributed by atoms with E-state index < -0.39 is 0 Å². The summed E-state index contributed by atoms with van der Waals surface area (Å²) >= 11 is 0. The summed E-state index contributed by atoms with van der Waals surface area (Å²) < 4.78 is 0. The summed E-state index contributed by atoms with van der Waals surface area (Å²) in [6, 6.07) is 0. The van der Waals surface area contributed by atoms with Crippen LogP contribution in [0.5, 0.6) is 0 Å². The third-order valence-electron chi connectivity index (χ3n) is 1.87. The van der Waals surface area contributed by atoms with Crippen LogP contribution in [0.3, 0.4) is 0 Å². The largest absolute Gasteiger partial charge is 0.313 e. The van der Waals surface area contributed by atoms with Gasteiger partial charge in [-0.05, 0) is 13.0 Å². The van der Waals surface area contributed by atoms with Crippen molar-refractivity contribution in [3.05, 3.63) is 17.5 Å². The lowest BCUT2D eigenvalue weighted by atomic mass is 10.1. The van der Waals surface area contributed by atoms with Gasteiger partial charge in [0.15, 0.2) is 0 Å². The van der Waals surface area contributed by atoms with E-state index in [4.69, 9.17) is 0 Å². The summed E-state index contributed by atoms with van der Waals surface area (Å²) in [5.41, 5.74) is 2.58. The van der Waals surface area contributed by atoms with Crippen molar-refractivity contribution in [2.24, 2.45) is 0 Å². The molecule has 0 fully saturated rings. The number of H-pyrrole nitrogens is 1. The molecule has 12 heavy (non-hydrogen) atoms. The molecule has 1 rings (SSSR count). The van der Waals surface area contributed by atoms with Crippen molar-refractivity contribution in [3.63, 3.8) is 0 Å². The van der Waals surface area contributed by atoms with E-state index >= 15 is 0 Å². The molecule has 0 spiro atoms. The van der Waals surface area contributed by atoms with E-state index in [2.05, 4.69) is 29.4 Å². The highest BCUT2D eigenvalue weighted by atomic mass is 15.1. The van der Waals surface area contributed by atoms with Gasteiger partial charge in [-0.3, -0.25) is 5.10 Å². The number of rotatable bonds is 5. The van der Waals surface area contributed by atoms with Crippen LogP contribution in [0.25, 0.3) is 0 Å². The van der Waals surface area contributed by atoms with Crippen molar-refractivity contribution in [2.45, 2.75) is 33.2 Å². The van der Waals surface area contributed by atoms with Crippen LogP contribution in [0.1, 0.15) is 31.5 Å². The highest BCUT2D eigenvalue weighted by Crippen LogP contribution is 2.06. The van der Waals surface area contributed by atoms with Crippen molar-refractivity contribution >= 4 is 0 Å². The maximum atomic E-state index is 4.03. The number of nitrogens with zero attached hydrogens (tertiary/aromatic N) is 1. The summed E-state index contributed by atoms with van der Waals surface area (Å²) in [6.07, 6.45) is 4.18. The first-order valence-corrected chi connectivity index (χ1v) is 4.60. The van der Waals surface area contributed by atoms with Crippen LogP contribution >= 0.6 is 0 Å². The molecular weight excluding hydrogens is 150 g/mol. The molecule has 3 heteroatoms. The fourth-order valence-corrected chi connectivity index (χ4v) is 1.22. The van der Waals surface area contributed by atoms with Crippen molar-refractivity contribution in [1.29, 1.82) is 0 Å². The highest BCUT2D eigenvalue weighted by Gasteiger charge is 2.01. The Morgan fingerprint density at radius 1 is 1.50 bits per heavy atom. The van der Waals surface area contributed by atoms with E-state index in [1.54, 1.807) is 0 Å². The molecule has 0 saturated carbocycles. The molecule has 0 radical (unpaired) electrons. The maximum absolute atomic E-state index is 4.03. The molecule has 0 aliphatic rings. The minimum atomic E-state index is 0.933. The average molecular weight is 167 g/mol. The summed E-state index contributed by atoms with van der Waals surface area (Å²) in [5.74, 6) is 0. The monoisotopic (exact) mass is 167 g/mol. The molecule has 3 nitrogen and oxygen atoms in total. The Morgan fingerprint density at radius 2 is 2.33 bits per heavy atom. The summed E-state index contributed by atoms with van der Waals surface area (Å²) in [6.45, 7) is 6.23. The number of aryl methyl sites for hydroxylation is 1. The van der Waals surface area contributed by atoms with Gasteiger partial charge in [0.1, 0.15) is 0 Å². The Hall–Kier alpha value is -0.830. The van der Waals surface area contributed by atoms with Crippen LogP contribution in [-0.4, -0.2) is 16.7 Å². The lowest BCUT2D eigenvalue weighted by Crippen LogP contribution is -2.12. The van der Waals surface area contributed by atoms with Gasteiger partial charge in [-0.1, -0.05) is 20.3 Å². The molecule has 0 amide bonds. The zero-order valence-corrected chi connectivity index (χ0v) is 7.85. The Labute approximate surface area is 73.6 Å². The number of hydrogen-bond acceptors (Lipinski definition) is 2. The van der Waals surface area contributed by atoms with Gasteiger partial charge < -0.3 is 5.32 Å². The summed E-state index contributed by atoms with van der Waals surface area (Å²) in [7, 11) is 0. The Bertz CT molecular complexity index is 217. The van der Waals surface area contributed by atoms with E-state index in [1.165, 1.54) is 17.7 Å². The normalized spacial score (nSPS) is 10.5. The maximum Gasteiger partial charge on any atom is 0.0535 e. The summed E-state index contributed by atoms with van der Waals surface area (Å²) in [4.78, 5) is 0. The van der Waals surface area contributed by atoms with Gasteiger partial charge in [-0.25, -0.2) is 0 Å². The number of hydrogen-bond donors (Lipinski definition) is 2. The van der Waals surface area contributed by atoms with E-state index in [0.29, 0.717) is 0 Å². The molecule has 0 unspecified atom stereocenters. The van der Waals surface area contributed by atoms with Crippen LogP contribution in [0.15, 0.2) is 6.20 Å². The lowest BCUT2D eigenvalue weighted by Gasteiger charge is -2.01. The molecule has 1 aromatic heterocycles. The van der Waals surface area contributed by atoms with Gasteiger partial charge in [-0.2, -0.15) is 5.10 Å². The van der Waals surface area contributed by atoms with Gasteiger partial charge in [0, 0.05) is 17.8 Å². The standard InChI is InChI=1S/C9H17N3/c1-3-5-9-8(6-10-4-2)7-11-12-9/h7,10H,3-6H2,1-2H3,(H,11,12). The third kappa shape index (κ3) is 2.34. The van der Waals surface area contributed by atoms with E-state index in [0.717, 1.165) is 19.5 Å². The van der Waals surface area contributed by atoms with Crippen LogP contribution in [0, 0.1) is 0 Å². The first-order valence-electron chi connectivity index (χ1n) is 4.60. The smallest absolute Gasteiger partial charge is 0.0535 e. The molecule has 1 heterocycles. The SMILES string of the molecule is CCCc1[nH]ncc1CNCC. The predicted molar refractivity (Wildman–Crippen MR) is 50.0 cm³/mol. The topological polar surface area (TPSA) is 40.7 Å². The Kier molecular flexibility index (Phi) is 3.80. The van der Waals surface area contributed by atoms with Crippen molar-refractivity contribution in [1.82, 2.24) is 15.5 Å². The molecule has 0 aliphatic carbocycles. The Morgan fingerprint density at radius 3 is 3.00 bits per heavy atom. The molecule has 1 aromatic rings. The minimum Gasteiger partial charge on any atom is -0.313 e. The second kappa shape index (κ2) is 4.93. The molecule has 0 saturated heterocycles. The number of nitrogens with one attached hydrogen (secondary N) is 2. The van der Waals surface area contributed by atoms with Crippen LogP contribution in [0.4, 0.5) is 0 Å². The average Bonchev–Trinajstić information content (AvgIpc) is 2.50. The first-order chi connectivity index (χ1) is 5.88. The fraction of sp³-hybridized carbons (Fsp3) is 0.667. The minimum absolute atomic E-state index is 0.933. The van der Waals surface area contributed by atoms with Gasteiger partial charge in [0.2, 0.25) is 0 Å². The van der Waals surface area contributed by atoms with E-state index in [1.807, 2.05) is 6.20 Å². The number of aromatic nitrogens is 2. The van der Waals surface area contributed by atoms with Gasteiger partial charge >= 0.3 is 0 Å². The lowest BCUT2D eigenvalue weighted by molar-refractivity contribution is 0.716. The van der Waals surface area contributed by atoms with Crippen molar-refractivity contribution < 1.29 is 0 Å². The highest BCUT2D eigenvalue weighted by molar-refractivity contribution is 5.15. The third-order valence-corrected chi connectivity index (χ3v) is 1.87. The summed E-state index contributed by atoms with van der Waals surface area (Å²) in [5, 5.41) is 10.3. The van der Waals surface area contributed by atoms with Gasteiger partial charge in [-0.15, -0.1) is 0 Å². The first kappa shape index (κ1) is 9.26.